The van der Waals surface area contributed by atoms with E-state index in [1.807, 2.05) is 0 Å². The van der Waals surface area contributed by atoms with Gasteiger partial charge in [-0.15, -0.1) is 0 Å². The van der Waals surface area contributed by atoms with Gasteiger partial charge in [0.25, 0.3) is 0 Å². The second kappa shape index (κ2) is 6.33. The number of hydrogen-bond acceptors (Lipinski definition) is 4. The van der Waals surface area contributed by atoms with Crippen LogP contribution in [0.5, 0.6) is 0 Å². The van der Waals surface area contributed by atoms with Crippen LogP contribution in [0.1, 0.15) is 25.7 Å². The third kappa shape index (κ3) is 3.65. The fraction of sp³-hybridized carbons (Fsp3) is 0.571. The number of piperidine rings is 1. The van der Waals surface area contributed by atoms with Gasteiger partial charge in [0.1, 0.15) is 0 Å². The van der Waals surface area contributed by atoms with Crippen molar-refractivity contribution in [3.63, 3.8) is 0 Å². The van der Waals surface area contributed by atoms with Crippen LogP contribution in [-0.4, -0.2) is 38.7 Å². The van der Waals surface area contributed by atoms with Gasteiger partial charge in [-0.25, -0.2) is 8.42 Å². The number of nitrogens with zero attached hydrogens (tertiary/aromatic N) is 1. The molecule has 1 unspecified atom stereocenters. The summed E-state index contributed by atoms with van der Waals surface area (Å²) in [7, 11) is -1.31. The van der Waals surface area contributed by atoms with Crippen LogP contribution in [0.25, 0.3) is 0 Å². The second-order valence-corrected chi connectivity index (χ2v) is 7.93. The topological polar surface area (TPSA) is 63.4 Å². The predicted octanol–water partition coefficient (Wildman–Crippen LogP) is 2.57. The first-order chi connectivity index (χ1) is 9.40. The molecule has 1 fully saturated rings. The quantitative estimate of drug-likeness (QED) is 0.867. The lowest BCUT2D eigenvalue weighted by Gasteiger charge is -2.32. The summed E-state index contributed by atoms with van der Waals surface area (Å²) in [4.78, 5) is 2.41. The van der Waals surface area contributed by atoms with Crippen molar-refractivity contribution in [2.45, 2.75) is 36.6 Å². The molecule has 4 nitrogen and oxygen atoms in total. The van der Waals surface area contributed by atoms with Crippen LogP contribution in [0, 0.1) is 0 Å². The Balaban J connectivity index is 2.09. The average Bonchev–Trinajstić information content (AvgIpc) is 2.40. The van der Waals surface area contributed by atoms with Crippen LogP contribution < -0.4 is 5.73 Å². The van der Waals surface area contributed by atoms with Gasteiger partial charge in [0.05, 0.1) is 16.3 Å². The highest BCUT2D eigenvalue weighted by molar-refractivity contribution is 7.91. The minimum Gasteiger partial charge on any atom is -0.398 e. The van der Waals surface area contributed by atoms with E-state index in [2.05, 4.69) is 11.9 Å². The lowest BCUT2D eigenvalue weighted by atomic mass is 10.0. The lowest BCUT2D eigenvalue weighted by molar-refractivity contribution is 0.181. The normalized spacial score (nSPS) is 21.0. The zero-order valence-corrected chi connectivity index (χ0v) is 13.3. The molecule has 0 spiro atoms. The minimum absolute atomic E-state index is 0.118. The number of nitrogen functional groups attached to an aromatic ring is 1. The maximum atomic E-state index is 12.4. The van der Waals surface area contributed by atoms with Gasteiger partial charge in [0.2, 0.25) is 0 Å². The molecule has 1 aliphatic heterocycles. The molecule has 1 aromatic rings. The Morgan fingerprint density at radius 3 is 2.85 bits per heavy atom. The van der Waals surface area contributed by atoms with Crippen LogP contribution in [0.3, 0.4) is 0 Å². The first kappa shape index (κ1) is 15.6. The van der Waals surface area contributed by atoms with Crippen LogP contribution in [0.4, 0.5) is 5.69 Å². The Kier molecular flexibility index (Phi) is 4.94. The average molecular weight is 317 g/mol. The van der Waals surface area contributed by atoms with Gasteiger partial charge >= 0.3 is 0 Å². The Morgan fingerprint density at radius 1 is 1.40 bits per heavy atom. The van der Waals surface area contributed by atoms with Crippen LogP contribution in [-0.2, 0) is 9.84 Å². The van der Waals surface area contributed by atoms with E-state index in [0.717, 1.165) is 13.0 Å². The zero-order chi connectivity index (χ0) is 14.8. The molecule has 1 aromatic carbocycles. The third-order valence-electron chi connectivity index (χ3n) is 3.95. The van der Waals surface area contributed by atoms with E-state index in [1.54, 1.807) is 12.1 Å². The van der Waals surface area contributed by atoms with E-state index < -0.39 is 9.84 Å². The summed E-state index contributed by atoms with van der Waals surface area (Å²) in [5, 5.41) is 0.396. The number of nitrogens with two attached hydrogens (primary N) is 1. The second-order valence-electron chi connectivity index (χ2n) is 5.42. The number of halogens is 1. The molecule has 112 valence electrons. The predicted molar refractivity (Wildman–Crippen MR) is 82.8 cm³/mol. The van der Waals surface area contributed by atoms with Crippen molar-refractivity contribution in [2.24, 2.45) is 0 Å². The molecular formula is C14H21ClN2O2S. The van der Waals surface area contributed by atoms with Gasteiger partial charge in [0.15, 0.2) is 9.84 Å². The molecule has 0 amide bonds. The fourth-order valence-electron chi connectivity index (χ4n) is 2.69. The van der Waals surface area contributed by atoms with Crippen molar-refractivity contribution in [1.29, 1.82) is 0 Å². The SMILES string of the molecule is CN1CCCCC1CCS(=O)(=O)c1cc(Cl)ccc1N. The van der Waals surface area contributed by atoms with Crippen molar-refractivity contribution in [3.8, 4) is 0 Å². The molecule has 1 heterocycles. The molecule has 1 aliphatic rings. The standard InChI is InChI=1S/C14H21ClN2O2S/c1-17-8-3-2-4-12(17)7-9-20(18,19)14-10-11(15)5-6-13(14)16/h5-6,10,12H,2-4,7-9,16H2,1H3. The number of sulfone groups is 1. The van der Waals surface area contributed by atoms with Gasteiger partial charge in [-0.3, -0.25) is 0 Å². The van der Waals surface area contributed by atoms with Gasteiger partial charge in [-0.1, -0.05) is 18.0 Å². The van der Waals surface area contributed by atoms with E-state index in [0.29, 0.717) is 17.5 Å². The lowest BCUT2D eigenvalue weighted by Crippen LogP contribution is -2.37. The summed E-state index contributed by atoms with van der Waals surface area (Å²) in [5.74, 6) is 0.118. The highest BCUT2D eigenvalue weighted by Gasteiger charge is 2.24. The van der Waals surface area contributed by atoms with Crippen molar-refractivity contribution in [1.82, 2.24) is 4.90 Å². The molecular weight excluding hydrogens is 296 g/mol. The molecule has 1 saturated heterocycles. The molecule has 2 rings (SSSR count). The van der Waals surface area contributed by atoms with Gasteiger partial charge in [0, 0.05) is 11.1 Å². The summed E-state index contributed by atoms with van der Waals surface area (Å²) in [6.07, 6.45) is 4.08. The zero-order valence-electron chi connectivity index (χ0n) is 11.7. The third-order valence-corrected chi connectivity index (χ3v) is 5.98. The van der Waals surface area contributed by atoms with Crippen LogP contribution in [0.2, 0.25) is 5.02 Å². The molecule has 0 radical (unpaired) electrons. The summed E-state index contributed by atoms with van der Waals surface area (Å²) in [6, 6.07) is 4.93. The minimum atomic E-state index is -3.37. The summed E-state index contributed by atoms with van der Waals surface area (Å²) < 4.78 is 24.8. The molecule has 1 atom stereocenters. The maximum absolute atomic E-state index is 12.4. The molecule has 0 bridgehead atoms. The molecule has 20 heavy (non-hydrogen) atoms. The first-order valence-electron chi connectivity index (χ1n) is 6.88. The number of benzene rings is 1. The maximum Gasteiger partial charge on any atom is 0.180 e. The van der Waals surface area contributed by atoms with Crippen molar-refractivity contribution >= 4 is 27.1 Å². The Labute approximate surface area is 125 Å². The molecule has 0 saturated carbocycles. The van der Waals surface area contributed by atoms with E-state index in [-0.39, 0.29) is 16.3 Å². The molecule has 0 aromatic heterocycles. The van der Waals surface area contributed by atoms with Crippen LogP contribution >= 0.6 is 11.6 Å². The smallest absolute Gasteiger partial charge is 0.180 e. The summed E-state index contributed by atoms with van der Waals surface area (Å²) >= 11 is 5.87. The summed E-state index contributed by atoms with van der Waals surface area (Å²) in [5.41, 5.74) is 6.03. The number of rotatable bonds is 4. The molecule has 0 aliphatic carbocycles. The highest BCUT2D eigenvalue weighted by atomic mass is 35.5. The van der Waals surface area contributed by atoms with Crippen LogP contribution in [0.15, 0.2) is 23.1 Å². The van der Waals surface area contributed by atoms with Gasteiger partial charge in [-0.05, 0) is 51.1 Å². The van der Waals surface area contributed by atoms with Crippen molar-refractivity contribution in [3.05, 3.63) is 23.2 Å². The molecule has 6 heteroatoms. The van der Waals surface area contributed by atoms with Crippen molar-refractivity contribution < 1.29 is 8.42 Å². The largest absolute Gasteiger partial charge is 0.398 e. The number of hydrogen-bond donors (Lipinski definition) is 1. The first-order valence-corrected chi connectivity index (χ1v) is 8.91. The van der Waals surface area contributed by atoms with E-state index in [1.165, 1.54) is 18.9 Å². The Morgan fingerprint density at radius 2 is 2.15 bits per heavy atom. The molecule has 2 N–H and O–H groups in total. The Hall–Kier alpha value is -0.780. The van der Waals surface area contributed by atoms with Crippen molar-refractivity contribution in [2.75, 3.05) is 25.1 Å². The van der Waals surface area contributed by atoms with E-state index >= 15 is 0 Å². The number of anilines is 1. The van der Waals surface area contributed by atoms with Gasteiger partial charge in [-0.2, -0.15) is 0 Å². The number of likely N-dealkylation sites (tertiary alicyclic amines) is 1. The monoisotopic (exact) mass is 316 g/mol. The fourth-order valence-corrected chi connectivity index (χ4v) is 4.46. The van der Waals surface area contributed by atoms with E-state index in [9.17, 15) is 8.42 Å². The highest BCUT2D eigenvalue weighted by Crippen LogP contribution is 2.26. The van der Waals surface area contributed by atoms with E-state index in [4.69, 9.17) is 17.3 Å². The van der Waals surface area contributed by atoms with Gasteiger partial charge < -0.3 is 10.6 Å². The summed E-state index contributed by atoms with van der Waals surface area (Å²) in [6.45, 7) is 1.05. The Bertz CT molecular complexity index is 575.